The van der Waals surface area contributed by atoms with Crippen molar-refractivity contribution in [3.05, 3.63) is 83.1 Å². The van der Waals surface area contributed by atoms with Gasteiger partial charge in [0.05, 0.1) is 30.1 Å². The summed E-state index contributed by atoms with van der Waals surface area (Å²) in [7, 11) is -4.01. The fourth-order valence-electron chi connectivity index (χ4n) is 4.01. The van der Waals surface area contributed by atoms with Gasteiger partial charge in [-0.05, 0) is 47.7 Å². The number of aromatic nitrogens is 1. The van der Waals surface area contributed by atoms with Crippen molar-refractivity contribution in [1.82, 2.24) is 4.98 Å². The first kappa shape index (κ1) is 26.5. The number of hydrogen-bond donors (Lipinski definition) is 3. The maximum absolute atomic E-state index is 13.7. The molecule has 0 saturated heterocycles. The molecule has 0 bridgehead atoms. The zero-order valence-electron chi connectivity index (χ0n) is 19.9. The summed E-state index contributed by atoms with van der Waals surface area (Å²) in [6, 6.07) is 15.7. The highest BCUT2D eigenvalue weighted by atomic mass is 31.2. The van der Waals surface area contributed by atoms with Gasteiger partial charge in [-0.25, -0.2) is 4.39 Å². The van der Waals surface area contributed by atoms with E-state index in [1.54, 1.807) is 12.1 Å². The van der Waals surface area contributed by atoms with Gasteiger partial charge in [-0.15, -0.1) is 0 Å². The largest absolute Gasteiger partial charge is 0.481 e. The molecule has 184 valence electrons. The third-order valence-corrected chi connectivity index (χ3v) is 7.15. The van der Waals surface area contributed by atoms with E-state index in [-0.39, 0.29) is 11.7 Å². The van der Waals surface area contributed by atoms with E-state index in [0.29, 0.717) is 11.3 Å². The highest BCUT2D eigenvalue weighted by molar-refractivity contribution is 7.61. The lowest BCUT2D eigenvalue weighted by Crippen LogP contribution is -2.17. The topological polar surface area (TPSA) is 108 Å². The number of carboxylic acid groups (broad SMARTS) is 1. The highest BCUT2D eigenvalue weighted by Crippen LogP contribution is 2.46. The molecular weight excluding hydrogens is 468 g/mol. The van der Waals surface area contributed by atoms with E-state index in [0.717, 1.165) is 33.8 Å². The Morgan fingerprint density at radius 3 is 2.29 bits per heavy atom. The number of carboxylic acids is 1. The first-order valence-electron chi connectivity index (χ1n) is 11.2. The molecule has 0 aliphatic carbocycles. The quantitative estimate of drug-likeness (QED) is 0.310. The second kappa shape index (κ2) is 11.1. The predicted molar refractivity (Wildman–Crippen MR) is 136 cm³/mol. The second-order valence-corrected chi connectivity index (χ2v) is 11.0. The molecule has 6 nitrogen and oxygen atoms in total. The van der Waals surface area contributed by atoms with E-state index >= 15 is 0 Å². The molecule has 0 spiro atoms. The van der Waals surface area contributed by atoms with Crippen molar-refractivity contribution in [2.45, 2.75) is 39.2 Å². The van der Waals surface area contributed by atoms with Crippen LogP contribution in [0.3, 0.4) is 0 Å². The third-order valence-electron chi connectivity index (χ3n) is 5.59. The number of aliphatic carboxylic acids is 1. The molecule has 0 amide bonds. The molecule has 8 heteroatoms. The smallest absolute Gasteiger partial charge is 0.305 e. The Balaban J connectivity index is 2.21. The fraction of sp³-hybridized carbons (Fsp3) is 0.259. The zero-order chi connectivity index (χ0) is 25.8. The lowest BCUT2D eigenvalue weighted by atomic mass is 9.88. The van der Waals surface area contributed by atoms with E-state index < -0.39 is 32.0 Å². The minimum atomic E-state index is -4.01. The molecule has 1 unspecified atom stereocenters. The monoisotopic (exact) mass is 497 g/mol. The Morgan fingerprint density at radius 2 is 1.71 bits per heavy atom. The van der Waals surface area contributed by atoms with Crippen LogP contribution in [0.25, 0.3) is 28.5 Å². The minimum Gasteiger partial charge on any atom is -0.481 e. The van der Waals surface area contributed by atoms with E-state index in [4.69, 9.17) is 10.1 Å². The summed E-state index contributed by atoms with van der Waals surface area (Å²) in [6.45, 7) is 5.84. The Kier molecular flexibility index (Phi) is 8.39. The molecule has 35 heavy (non-hydrogen) atoms. The second-order valence-electron chi connectivity index (χ2n) is 8.79. The van der Waals surface area contributed by atoms with Gasteiger partial charge in [0.1, 0.15) is 5.82 Å². The van der Waals surface area contributed by atoms with Gasteiger partial charge < -0.3 is 15.1 Å². The SMILES string of the molecule is Cc1c(-c2ccccc2)nc(C(C)C)c(/C=C/P(=O)(O)C[C@H](O)CC(=O)O)c1-c1ccc(F)cc1. The molecule has 3 N–H and O–H groups in total. The number of halogens is 1. The van der Waals surface area contributed by atoms with Gasteiger partial charge in [-0.1, -0.05) is 56.3 Å². The number of rotatable bonds is 9. The summed E-state index contributed by atoms with van der Waals surface area (Å²) < 4.78 is 26.5. The molecule has 3 aromatic rings. The number of nitrogens with zero attached hydrogens (tertiary/aromatic N) is 1. The maximum atomic E-state index is 13.7. The Bertz CT molecular complexity index is 1270. The minimum absolute atomic E-state index is 0.0485. The first-order valence-corrected chi connectivity index (χ1v) is 13.2. The molecule has 3 rings (SSSR count). The molecule has 1 aromatic heterocycles. The van der Waals surface area contributed by atoms with Gasteiger partial charge in [0, 0.05) is 16.9 Å². The average molecular weight is 498 g/mol. The predicted octanol–water partition coefficient (Wildman–Crippen LogP) is 6.06. The summed E-state index contributed by atoms with van der Waals surface area (Å²) in [5.74, 6) is -0.557. The van der Waals surface area contributed by atoms with Crippen LogP contribution in [0, 0.1) is 12.7 Å². The van der Waals surface area contributed by atoms with E-state index in [2.05, 4.69) is 0 Å². The van der Waals surface area contributed by atoms with Crippen molar-refractivity contribution in [2.24, 2.45) is 0 Å². The van der Waals surface area contributed by atoms with Crippen LogP contribution in [-0.2, 0) is 9.36 Å². The summed E-state index contributed by atoms with van der Waals surface area (Å²) in [5.41, 5.74) is 5.28. The zero-order valence-corrected chi connectivity index (χ0v) is 20.7. The highest BCUT2D eigenvalue weighted by Gasteiger charge is 2.24. The number of aliphatic hydroxyl groups is 1. The number of carbonyl (C=O) groups is 1. The lowest BCUT2D eigenvalue weighted by molar-refractivity contribution is -0.138. The van der Waals surface area contributed by atoms with Crippen molar-refractivity contribution in [3.63, 3.8) is 0 Å². The summed E-state index contributed by atoms with van der Waals surface area (Å²) in [6.07, 6.45) is -1.14. The molecule has 0 fully saturated rings. The molecule has 0 aliphatic heterocycles. The first-order chi connectivity index (χ1) is 16.5. The van der Waals surface area contributed by atoms with Gasteiger partial charge in [0.25, 0.3) is 0 Å². The Labute approximate surface area is 204 Å². The molecular formula is C27H29FNO5P. The molecule has 0 saturated carbocycles. The fourth-order valence-corrected chi connectivity index (χ4v) is 5.24. The Morgan fingerprint density at radius 1 is 1.09 bits per heavy atom. The van der Waals surface area contributed by atoms with Crippen LogP contribution >= 0.6 is 7.37 Å². The van der Waals surface area contributed by atoms with Crippen LogP contribution in [-0.4, -0.2) is 38.3 Å². The number of aliphatic hydroxyl groups excluding tert-OH is 1. The average Bonchev–Trinajstić information content (AvgIpc) is 2.78. The molecule has 1 heterocycles. The number of hydrogen-bond acceptors (Lipinski definition) is 4. The van der Waals surface area contributed by atoms with Crippen LogP contribution < -0.4 is 0 Å². The summed E-state index contributed by atoms with van der Waals surface area (Å²) in [5, 5.41) is 18.7. The standard InChI is InChI=1S/C27H29FNO5P/c1-17(2)26-23(13-14-35(33,34)16-22(30)15-24(31)32)25(19-9-11-21(28)12-10-19)18(3)27(29-26)20-7-5-4-6-8-20/h4-14,17,22,30H,15-16H2,1-3H3,(H,31,32)(H,33,34)/b14-13+/t22-/m1/s1. The van der Waals surface area contributed by atoms with Gasteiger partial charge in [0.15, 0.2) is 0 Å². The van der Waals surface area contributed by atoms with Crippen molar-refractivity contribution in [3.8, 4) is 22.4 Å². The molecule has 2 aromatic carbocycles. The maximum Gasteiger partial charge on any atom is 0.305 e. The molecule has 2 atom stereocenters. The van der Waals surface area contributed by atoms with Crippen molar-refractivity contribution in [1.29, 1.82) is 0 Å². The number of benzene rings is 2. The molecule has 0 radical (unpaired) electrons. The van der Waals surface area contributed by atoms with E-state index in [9.17, 15) is 23.7 Å². The van der Waals surface area contributed by atoms with Crippen LogP contribution in [0.2, 0.25) is 0 Å². The molecule has 0 aliphatic rings. The van der Waals surface area contributed by atoms with Crippen molar-refractivity contribution < 1.29 is 28.9 Å². The summed E-state index contributed by atoms with van der Waals surface area (Å²) in [4.78, 5) is 26.2. The van der Waals surface area contributed by atoms with Crippen LogP contribution in [0.4, 0.5) is 4.39 Å². The van der Waals surface area contributed by atoms with Crippen LogP contribution in [0.1, 0.15) is 43.0 Å². The van der Waals surface area contributed by atoms with Gasteiger partial charge >= 0.3 is 5.97 Å². The van der Waals surface area contributed by atoms with Crippen molar-refractivity contribution >= 4 is 19.4 Å². The van der Waals surface area contributed by atoms with Gasteiger partial charge in [-0.2, -0.15) is 0 Å². The van der Waals surface area contributed by atoms with Gasteiger partial charge in [-0.3, -0.25) is 14.3 Å². The lowest BCUT2D eigenvalue weighted by Gasteiger charge is -2.21. The van der Waals surface area contributed by atoms with E-state index in [1.807, 2.05) is 51.1 Å². The van der Waals surface area contributed by atoms with E-state index in [1.165, 1.54) is 18.2 Å². The normalized spacial score (nSPS) is 14.3. The number of pyridine rings is 1. The third kappa shape index (κ3) is 6.73. The summed E-state index contributed by atoms with van der Waals surface area (Å²) >= 11 is 0. The Hall–Kier alpha value is -3.12. The van der Waals surface area contributed by atoms with Crippen molar-refractivity contribution in [2.75, 3.05) is 6.16 Å². The van der Waals surface area contributed by atoms with Crippen LogP contribution in [0.5, 0.6) is 0 Å². The van der Waals surface area contributed by atoms with Gasteiger partial charge in [0.2, 0.25) is 7.37 Å². The van der Waals surface area contributed by atoms with Crippen LogP contribution in [0.15, 0.2) is 60.4 Å².